The van der Waals surface area contributed by atoms with Crippen molar-refractivity contribution in [2.75, 3.05) is 23.3 Å². The van der Waals surface area contributed by atoms with E-state index in [0.717, 1.165) is 18.8 Å². The highest BCUT2D eigenvalue weighted by atomic mass is 16.2. The van der Waals surface area contributed by atoms with Crippen molar-refractivity contribution in [2.24, 2.45) is 7.05 Å². The van der Waals surface area contributed by atoms with Gasteiger partial charge in [-0.25, -0.2) is 0 Å². The molecule has 5 nitrogen and oxygen atoms in total. The van der Waals surface area contributed by atoms with Crippen LogP contribution >= 0.6 is 0 Å². The van der Waals surface area contributed by atoms with Crippen LogP contribution in [-0.2, 0) is 7.05 Å². The maximum atomic E-state index is 12.1. The standard InChI is InChI=1S/C15H18N4O/c1-18-14(8-9-16-18)15(20)17-12-4-6-13(7-5-12)19-10-2-3-11-19/h4-9H,2-3,10-11H2,1H3,(H,17,20). The number of benzene rings is 1. The SMILES string of the molecule is Cn1nccc1C(=O)Nc1ccc(N2CCCC2)cc1. The minimum absolute atomic E-state index is 0.140. The second-order valence-electron chi connectivity index (χ2n) is 5.04. The number of hydrogen-bond donors (Lipinski definition) is 1. The molecule has 0 saturated carbocycles. The number of nitrogens with zero attached hydrogens (tertiary/aromatic N) is 3. The molecule has 0 atom stereocenters. The summed E-state index contributed by atoms with van der Waals surface area (Å²) in [6.07, 6.45) is 4.14. The number of carbonyl (C=O) groups is 1. The Hall–Kier alpha value is -2.30. The number of aryl methyl sites for hydroxylation is 1. The summed E-state index contributed by atoms with van der Waals surface area (Å²) in [5.74, 6) is -0.140. The van der Waals surface area contributed by atoms with Gasteiger partial charge in [0.05, 0.1) is 0 Å². The van der Waals surface area contributed by atoms with Crippen molar-refractivity contribution in [3.63, 3.8) is 0 Å². The van der Waals surface area contributed by atoms with E-state index in [0.29, 0.717) is 5.69 Å². The van der Waals surface area contributed by atoms with Gasteiger partial charge in [-0.05, 0) is 43.2 Å². The molecule has 0 bridgehead atoms. The van der Waals surface area contributed by atoms with Crippen molar-refractivity contribution in [3.8, 4) is 0 Å². The van der Waals surface area contributed by atoms with Crippen molar-refractivity contribution in [1.82, 2.24) is 9.78 Å². The molecule has 1 amide bonds. The maximum Gasteiger partial charge on any atom is 0.273 e. The van der Waals surface area contributed by atoms with E-state index < -0.39 is 0 Å². The first-order valence-electron chi connectivity index (χ1n) is 6.88. The van der Waals surface area contributed by atoms with Crippen molar-refractivity contribution in [2.45, 2.75) is 12.8 Å². The average molecular weight is 270 g/mol. The zero-order valence-electron chi connectivity index (χ0n) is 11.5. The predicted molar refractivity (Wildman–Crippen MR) is 79.1 cm³/mol. The Kier molecular flexibility index (Phi) is 3.41. The molecule has 1 aliphatic rings. The lowest BCUT2D eigenvalue weighted by Crippen LogP contribution is -2.18. The Morgan fingerprint density at radius 3 is 2.45 bits per heavy atom. The van der Waals surface area contributed by atoms with Crippen LogP contribution in [0.3, 0.4) is 0 Å². The van der Waals surface area contributed by atoms with Crippen LogP contribution in [0.5, 0.6) is 0 Å². The summed E-state index contributed by atoms with van der Waals surface area (Å²) < 4.78 is 1.56. The van der Waals surface area contributed by atoms with Gasteiger partial charge in [-0.15, -0.1) is 0 Å². The lowest BCUT2D eigenvalue weighted by molar-refractivity contribution is 0.101. The molecule has 20 heavy (non-hydrogen) atoms. The summed E-state index contributed by atoms with van der Waals surface area (Å²) in [5, 5.41) is 6.88. The van der Waals surface area contributed by atoms with Crippen LogP contribution in [0.25, 0.3) is 0 Å². The highest BCUT2D eigenvalue weighted by Gasteiger charge is 2.13. The molecule has 0 aliphatic carbocycles. The van der Waals surface area contributed by atoms with Crippen LogP contribution in [-0.4, -0.2) is 28.8 Å². The number of rotatable bonds is 3. The van der Waals surface area contributed by atoms with Gasteiger partial charge in [-0.3, -0.25) is 9.48 Å². The molecule has 1 aromatic carbocycles. The monoisotopic (exact) mass is 270 g/mol. The van der Waals surface area contributed by atoms with E-state index in [1.165, 1.54) is 18.5 Å². The van der Waals surface area contributed by atoms with Crippen LogP contribution in [0.15, 0.2) is 36.5 Å². The highest BCUT2D eigenvalue weighted by Crippen LogP contribution is 2.22. The van der Waals surface area contributed by atoms with Gasteiger partial charge in [0.2, 0.25) is 0 Å². The van der Waals surface area contributed by atoms with Crippen LogP contribution in [0.1, 0.15) is 23.3 Å². The lowest BCUT2D eigenvalue weighted by Gasteiger charge is -2.17. The first kappa shape index (κ1) is 12.7. The quantitative estimate of drug-likeness (QED) is 0.931. The third-order valence-corrected chi connectivity index (χ3v) is 3.65. The van der Waals surface area contributed by atoms with Crippen molar-refractivity contribution in [1.29, 1.82) is 0 Å². The summed E-state index contributed by atoms with van der Waals surface area (Å²) in [6, 6.07) is 9.71. The molecule has 5 heteroatoms. The van der Waals surface area contributed by atoms with Gasteiger partial charge in [-0.1, -0.05) is 0 Å². The molecule has 1 saturated heterocycles. The molecule has 104 valence electrons. The van der Waals surface area contributed by atoms with Crippen LogP contribution in [0.2, 0.25) is 0 Å². The minimum Gasteiger partial charge on any atom is -0.372 e. The van der Waals surface area contributed by atoms with Gasteiger partial charge in [0.25, 0.3) is 5.91 Å². The van der Waals surface area contributed by atoms with Crippen molar-refractivity contribution < 1.29 is 4.79 Å². The Labute approximate surface area is 118 Å². The summed E-state index contributed by atoms with van der Waals surface area (Å²) in [6.45, 7) is 2.25. The Balaban J connectivity index is 1.69. The predicted octanol–water partition coefficient (Wildman–Crippen LogP) is 2.27. The summed E-state index contributed by atoms with van der Waals surface area (Å²) in [4.78, 5) is 14.4. The molecule has 3 rings (SSSR count). The van der Waals surface area contributed by atoms with Gasteiger partial charge in [0.15, 0.2) is 0 Å². The number of aromatic nitrogens is 2. The first-order valence-corrected chi connectivity index (χ1v) is 6.88. The lowest BCUT2D eigenvalue weighted by atomic mass is 10.2. The third-order valence-electron chi connectivity index (χ3n) is 3.65. The molecule has 0 unspecified atom stereocenters. The van der Waals surface area contributed by atoms with E-state index >= 15 is 0 Å². The third kappa shape index (κ3) is 2.52. The Morgan fingerprint density at radius 1 is 1.15 bits per heavy atom. The van der Waals surface area contributed by atoms with Gasteiger partial charge in [-0.2, -0.15) is 5.10 Å². The number of amides is 1. The first-order chi connectivity index (χ1) is 9.74. The fourth-order valence-electron chi connectivity index (χ4n) is 2.52. The number of anilines is 2. The molecule has 1 aliphatic heterocycles. The zero-order chi connectivity index (χ0) is 13.9. The van der Waals surface area contributed by atoms with E-state index in [1.54, 1.807) is 24.0 Å². The Morgan fingerprint density at radius 2 is 1.85 bits per heavy atom. The molecule has 1 fully saturated rings. The topological polar surface area (TPSA) is 50.2 Å². The summed E-state index contributed by atoms with van der Waals surface area (Å²) in [7, 11) is 1.76. The second kappa shape index (κ2) is 5.36. The van der Waals surface area contributed by atoms with E-state index in [2.05, 4.69) is 27.4 Å². The number of carbonyl (C=O) groups excluding carboxylic acids is 1. The smallest absolute Gasteiger partial charge is 0.273 e. The van der Waals surface area contributed by atoms with Gasteiger partial charge in [0, 0.05) is 37.7 Å². The normalized spacial score (nSPS) is 14.6. The van der Waals surface area contributed by atoms with E-state index in [1.807, 2.05) is 12.1 Å². The number of hydrogen-bond acceptors (Lipinski definition) is 3. The van der Waals surface area contributed by atoms with E-state index in [9.17, 15) is 4.79 Å². The van der Waals surface area contributed by atoms with E-state index in [-0.39, 0.29) is 5.91 Å². The fraction of sp³-hybridized carbons (Fsp3) is 0.333. The summed E-state index contributed by atoms with van der Waals surface area (Å²) in [5.41, 5.74) is 2.58. The molecule has 0 spiro atoms. The van der Waals surface area contributed by atoms with Crippen LogP contribution in [0.4, 0.5) is 11.4 Å². The highest BCUT2D eigenvalue weighted by molar-refractivity contribution is 6.03. The van der Waals surface area contributed by atoms with Crippen LogP contribution < -0.4 is 10.2 Å². The average Bonchev–Trinajstić information content (AvgIpc) is 3.10. The van der Waals surface area contributed by atoms with Crippen molar-refractivity contribution >= 4 is 17.3 Å². The van der Waals surface area contributed by atoms with Gasteiger partial charge in [0.1, 0.15) is 5.69 Å². The van der Waals surface area contributed by atoms with Crippen LogP contribution in [0, 0.1) is 0 Å². The largest absolute Gasteiger partial charge is 0.372 e. The van der Waals surface area contributed by atoms with E-state index in [4.69, 9.17) is 0 Å². The summed E-state index contributed by atoms with van der Waals surface area (Å²) >= 11 is 0. The molecule has 2 heterocycles. The molecular formula is C15H18N4O. The molecule has 0 radical (unpaired) electrons. The fourth-order valence-corrected chi connectivity index (χ4v) is 2.52. The number of nitrogens with one attached hydrogen (secondary N) is 1. The molecular weight excluding hydrogens is 252 g/mol. The minimum atomic E-state index is -0.140. The molecule has 2 aromatic rings. The maximum absolute atomic E-state index is 12.1. The second-order valence-corrected chi connectivity index (χ2v) is 5.04. The Bertz CT molecular complexity index is 597. The van der Waals surface area contributed by atoms with Gasteiger partial charge < -0.3 is 10.2 Å². The zero-order valence-corrected chi connectivity index (χ0v) is 11.5. The van der Waals surface area contributed by atoms with Crippen molar-refractivity contribution in [3.05, 3.63) is 42.2 Å². The van der Waals surface area contributed by atoms with Gasteiger partial charge >= 0.3 is 0 Å². The molecule has 1 N–H and O–H groups in total. The molecule has 1 aromatic heterocycles.